The van der Waals surface area contributed by atoms with E-state index in [1.54, 1.807) is 0 Å². The van der Waals surface area contributed by atoms with Crippen LogP contribution in [0.25, 0.3) is 0 Å². The highest BCUT2D eigenvalue weighted by Gasteiger charge is 2.41. The summed E-state index contributed by atoms with van der Waals surface area (Å²) < 4.78 is 0. The van der Waals surface area contributed by atoms with Crippen LogP contribution in [0.2, 0.25) is 0 Å². The normalized spacial score (nSPS) is 18.7. The van der Waals surface area contributed by atoms with Gasteiger partial charge in [0.15, 0.2) is 0 Å². The van der Waals surface area contributed by atoms with E-state index in [2.05, 4.69) is 34.4 Å². The standard InChI is InChI=1S/C15H24N4/c1-3-16-15-18-8-10(2)14(19-15)17-9-13(11-4-5-11)12-6-7-12/h8,11-13H,3-7,9H2,1-2H3,(H2,16,17,18,19). The number of hydrogen-bond donors (Lipinski definition) is 2. The van der Waals surface area contributed by atoms with Gasteiger partial charge >= 0.3 is 0 Å². The summed E-state index contributed by atoms with van der Waals surface area (Å²) in [6, 6.07) is 0. The third-order valence-electron chi connectivity index (χ3n) is 4.27. The highest BCUT2D eigenvalue weighted by molar-refractivity contribution is 5.46. The van der Waals surface area contributed by atoms with E-state index < -0.39 is 0 Å². The Morgan fingerprint density at radius 1 is 1.21 bits per heavy atom. The Morgan fingerprint density at radius 2 is 1.89 bits per heavy atom. The first-order chi connectivity index (χ1) is 9.28. The van der Waals surface area contributed by atoms with E-state index in [9.17, 15) is 0 Å². The van der Waals surface area contributed by atoms with Gasteiger partial charge in [0.25, 0.3) is 0 Å². The number of nitrogens with one attached hydrogen (secondary N) is 2. The second kappa shape index (κ2) is 5.35. The van der Waals surface area contributed by atoms with Gasteiger partial charge in [-0.05, 0) is 57.3 Å². The predicted molar refractivity (Wildman–Crippen MR) is 78.4 cm³/mol. The molecule has 1 heterocycles. The van der Waals surface area contributed by atoms with Crippen molar-refractivity contribution in [3.8, 4) is 0 Å². The topological polar surface area (TPSA) is 49.8 Å². The van der Waals surface area contributed by atoms with E-state index in [-0.39, 0.29) is 0 Å². The van der Waals surface area contributed by atoms with Gasteiger partial charge in [-0.1, -0.05) is 0 Å². The maximum Gasteiger partial charge on any atom is 0.224 e. The van der Waals surface area contributed by atoms with Gasteiger partial charge in [-0.25, -0.2) is 4.98 Å². The van der Waals surface area contributed by atoms with Crippen LogP contribution in [0.5, 0.6) is 0 Å². The molecular weight excluding hydrogens is 236 g/mol. The minimum atomic E-state index is 0.727. The average molecular weight is 260 g/mol. The van der Waals surface area contributed by atoms with Crippen molar-refractivity contribution in [3.63, 3.8) is 0 Å². The van der Waals surface area contributed by atoms with Crippen LogP contribution in [0, 0.1) is 24.7 Å². The Hall–Kier alpha value is -1.32. The molecule has 0 aliphatic heterocycles. The molecule has 0 amide bonds. The summed E-state index contributed by atoms with van der Waals surface area (Å²) in [7, 11) is 0. The number of nitrogens with zero attached hydrogens (tertiary/aromatic N) is 2. The summed E-state index contributed by atoms with van der Waals surface area (Å²) in [6.07, 6.45) is 7.65. The molecule has 0 unspecified atom stereocenters. The molecule has 0 aromatic carbocycles. The summed E-state index contributed by atoms with van der Waals surface area (Å²) in [5, 5.41) is 6.73. The van der Waals surface area contributed by atoms with Crippen LogP contribution < -0.4 is 10.6 Å². The summed E-state index contributed by atoms with van der Waals surface area (Å²) >= 11 is 0. The first-order valence-electron chi connectivity index (χ1n) is 7.59. The van der Waals surface area contributed by atoms with Crippen molar-refractivity contribution in [2.24, 2.45) is 17.8 Å². The molecule has 1 aromatic heterocycles. The smallest absolute Gasteiger partial charge is 0.224 e. The fourth-order valence-corrected chi connectivity index (χ4v) is 2.85. The van der Waals surface area contributed by atoms with E-state index >= 15 is 0 Å². The van der Waals surface area contributed by atoms with Crippen molar-refractivity contribution in [2.45, 2.75) is 39.5 Å². The van der Waals surface area contributed by atoms with Crippen molar-refractivity contribution in [1.82, 2.24) is 9.97 Å². The second-order valence-corrected chi connectivity index (χ2v) is 5.98. The molecule has 2 fully saturated rings. The van der Waals surface area contributed by atoms with Crippen LogP contribution in [-0.4, -0.2) is 23.1 Å². The molecule has 104 valence electrons. The highest BCUT2D eigenvalue weighted by Crippen LogP contribution is 2.49. The lowest BCUT2D eigenvalue weighted by atomic mass is 9.98. The number of rotatable bonds is 7. The quantitative estimate of drug-likeness (QED) is 0.791. The van der Waals surface area contributed by atoms with Gasteiger partial charge in [-0.3, -0.25) is 0 Å². The van der Waals surface area contributed by atoms with Crippen LogP contribution in [-0.2, 0) is 0 Å². The van der Waals surface area contributed by atoms with Crippen molar-refractivity contribution < 1.29 is 0 Å². The van der Waals surface area contributed by atoms with Gasteiger partial charge in [0.1, 0.15) is 5.82 Å². The molecule has 1 aromatic rings. The Balaban J connectivity index is 1.62. The van der Waals surface area contributed by atoms with Crippen molar-refractivity contribution >= 4 is 11.8 Å². The minimum absolute atomic E-state index is 0.727. The summed E-state index contributed by atoms with van der Waals surface area (Å²) in [4.78, 5) is 8.85. The predicted octanol–water partition coefficient (Wildman–Crippen LogP) is 3.06. The third-order valence-corrected chi connectivity index (χ3v) is 4.27. The van der Waals surface area contributed by atoms with Crippen LogP contribution >= 0.6 is 0 Å². The molecule has 4 heteroatoms. The van der Waals surface area contributed by atoms with E-state index in [0.717, 1.165) is 48.2 Å². The fourth-order valence-electron chi connectivity index (χ4n) is 2.85. The minimum Gasteiger partial charge on any atom is -0.369 e. The summed E-state index contributed by atoms with van der Waals surface area (Å²) in [5.74, 6) is 4.56. The third kappa shape index (κ3) is 3.17. The molecular formula is C15H24N4. The zero-order valence-corrected chi connectivity index (χ0v) is 11.9. The molecule has 0 spiro atoms. The summed E-state index contributed by atoms with van der Waals surface area (Å²) in [5.41, 5.74) is 1.13. The van der Waals surface area contributed by atoms with E-state index in [1.807, 2.05) is 6.20 Å². The first kappa shape index (κ1) is 12.7. The van der Waals surface area contributed by atoms with Gasteiger partial charge in [-0.2, -0.15) is 4.98 Å². The highest BCUT2D eigenvalue weighted by atomic mass is 15.1. The molecule has 0 radical (unpaired) electrons. The van der Waals surface area contributed by atoms with E-state index in [0.29, 0.717) is 0 Å². The maximum atomic E-state index is 4.56. The number of anilines is 2. The van der Waals surface area contributed by atoms with Crippen molar-refractivity contribution in [2.75, 3.05) is 23.7 Å². The molecule has 2 N–H and O–H groups in total. The lowest BCUT2D eigenvalue weighted by molar-refractivity contribution is 0.427. The number of aryl methyl sites for hydroxylation is 1. The Kier molecular flexibility index (Phi) is 3.58. The molecule has 3 rings (SSSR count). The fraction of sp³-hybridized carbons (Fsp3) is 0.733. The van der Waals surface area contributed by atoms with E-state index in [1.165, 1.54) is 25.7 Å². The van der Waals surface area contributed by atoms with Gasteiger partial charge in [0.2, 0.25) is 5.95 Å². The number of hydrogen-bond acceptors (Lipinski definition) is 4. The zero-order valence-electron chi connectivity index (χ0n) is 11.9. The molecule has 2 aliphatic carbocycles. The Labute approximate surface area is 115 Å². The lowest BCUT2D eigenvalue weighted by Crippen LogP contribution is -2.19. The van der Waals surface area contributed by atoms with Crippen LogP contribution in [0.15, 0.2) is 6.20 Å². The lowest BCUT2D eigenvalue weighted by Gasteiger charge is -2.17. The van der Waals surface area contributed by atoms with Gasteiger partial charge < -0.3 is 10.6 Å². The van der Waals surface area contributed by atoms with Crippen LogP contribution in [0.1, 0.15) is 38.2 Å². The van der Waals surface area contributed by atoms with Crippen molar-refractivity contribution in [1.29, 1.82) is 0 Å². The molecule has 2 saturated carbocycles. The van der Waals surface area contributed by atoms with Gasteiger partial charge in [-0.15, -0.1) is 0 Å². The molecule has 0 atom stereocenters. The monoisotopic (exact) mass is 260 g/mol. The van der Waals surface area contributed by atoms with Gasteiger partial charge in [0, 0.05) is 24.8 Å². The molecule has 4 nitrogen and oxygen atoms in total. The first-order valence-corrected chi connectivity index (χ1v) is 7.59. The zero-order chi connectivity index (χ0) is 13.2. The van der Waals surface area contributed by atoms with E-state index in [4.69, 9.17) is 0 Å². The molecule has 19 heavy (non-hydrogen) atoms. The Morgan fingerprint density at radius 3 is 2.47 bits per heavy atom. The average Bonchev–Trinajstić information content (AvgIpc) is 3.27. The van der Waals surface area contributed by atoms with Crippen molar-refractivity contribution in [3.05, 3.63) is 11.8 Å². The number of aromatic nitrogens is 2. The van der Waals surface area contributed by atoms with Crippen LogP contribution in [0.3, 0.4) is 0 Å². The Bertz CT molecular complexity index is 426. The summed E-state index contributed by atoms with van der Waals surface area (Å²) in [6.45, 7) is 6.07. The SMILES string of the molecule is CCNc1ncc(C)c(NCC(C2CC2)C2CC2)n1. The second-order valence-electron chi connectivity index (χ2n) is 5.98. The molecule has 0 saturated heterocycles. The van der Waals surface area contributed by atoms with Gasteiger partial charge in [0.05, 0.1) is 0 Å². The molecule has 0 bridgehead atoms. The van der Waals surface area contributed by atoms with Crippen LogP contribution in [0.4, 0.5) is 11.8 Å². The molecule has 2 aliphatic rings. The largest absolute Gasteiger partial charge is 0.369 e. The maximum absolute atomic E-state index is 4.56.